The number of carbonyl (C=O) groups is 2. The Morgan fingerprint density at radius 3 is 2.41 bits per heavy atom. The molecule has 0 fully saturated rings. The molecule has 0 aliphatic rings. The normalized spacial score (nSPS) is 11.0. The van der Waals surface area contributed by atoms with Gasteiger partial charge in [-0.05, 0) is 55.0 Å². The van der Waals surface area contributed by atoms with E-state index >= 15 is 0 Å². The van der Waals surface area contributed by atoms with E-state index in [4.69, 9.17) is 0 Å². The Morgan fingerprint density at radius 1 is 1.03 bits per heavy atom. The van der Waals surface area contributed by atoms with Gasteiger partial charge < -0.3 is 15.2 Å². The number of anilines is 1. The van der Waals surface area contributed by atoms with Crippen molar-refractivity contribution >= 4 is 17.5 Å². The Labute approximate surface area is 172 Å². The molecule has 1 heterocycles. The summed E-state index contributed by atoms with van der Waals surface area (Å²) in [6.45, 7) is 11.1. The van der Waals surface area contributed by atoms with E-state index in [0.29, 0.717) is 41.7 Å². The quantitative estimate of drug-likeness (QED) is 0.710. The number of hydrogen-bond acceptors (Lipinski definition) is 3. The Kier molecular flexibility index (Phi) is 7.76. The Balaban J connectivity index is 2.20. The molecule has 156 valence electrons. The molecule has 0 aliphatic carbocycles. The predicted molar refractivity (Wildman–Crippen MR) is 116 cm³/mol. The topological polar surface area (TPSA) is 80.2 Å². The molecular weight excluding hydrogens is 366 g/mol. The van der Waals surface area contributed by atoms with Crippen molar-refractivity contribution in [2.45, 2.75) is 47.6 Å². The molecule has 0 unspecified atom stereocenters. The van der Waals surface area contributed by atoms with Gasteiger partial charge in [0.15, 0.2) is 0 Å². The maximum Gasteiger partial charge on any atom is 0.263 e. The molecule has 1 aromatic carbocycles. The summed E-state index contributed by atoms with van der Waals surface area (Å²) < 4.78 is 1.58. The lowest BCUT2D eigenvalue weighted by Gasteiger charge is -2.13. The van der Waals surface area contributed by atoms with Gasteiger partial charge in [-0.15, -0.1) is 0 Å². The van der Waals surface area contributed by atoms with Crippen molar-refractivity contribution in [3.05, 3.63) is 63.6 Å². The van der Waals surface area contributed by atoms with Crippen LogP contribution < -0.4 is 16.2 Å². The van der Waals surface area contributed by atoms with Crippen LogP contribution in [0.15, 0.2) is 41.3 Å². The second-order valence-electron chi connectivity index (χ2n) is 8.19. The summed E-state index contributed by atoms with van der Waals surface area (Å²) in [5, 5.41) is 5.61. The molecule has 2 amide bonds. The van der Waals surface area contributed by atoms with Crippen molar-refractivity contribution in [3.8, 4) is 0 Å². The van der Waals surface area contributed by atoms with E-state index < -0.39 is 5.91 Å². The first-order valence-corrected chi connectivity index (χ1v) is 10.1. The largest absolute Gasteiger partial charge is 0.352 e. The number of hydrogen-bond donors (Lipinski definition) is 2. The second-order valence-corrected chi connectivity index (χ2v) is 8.19. The van der Waals surface area contributed by atoms with Gasteiger partial charge in [-0.1, -0.05) is 33.8 Å². The Bertz CT molecular complexity index is 929. The standard InChI is InChI=1S/C23H31N3O3/c1-15(2)9-11-26-12-10-17(5)20(23(26)29)22(28)25-19-8-6-7-18(13-19)21(27)24-14-16(3)4/h6-8,10,12-13,15-16H,9,11,14H2,1-5H3,(H,24,27)(H,25,28). The molecule has 2 N–H and O–H groups in total. The number of nitrogens with zero attached hydrogens (tertiary/aromatic N) is 1. The van der Waals surface area contributed by atoms with Gasteiger partial charge >= 0.3 is 0 Å². The highest BCUT2D eigenvalue weighted by atomic mass is 16.2. The highest BCUT2D eigenvalue weighted by Crippen LogP contribution is 2.13. The maximum absolute atomic E-state index is 12.8. The third kappa shape index (κ3) is 6.31. The summed E-state index contributed by atoms with van der Waals surface area (Å²) in [6.07, 6.45) is 2.59. The Morgan fingerprint density at radius 2 is 1.76 bits per heavy atom. The molecule has 0 bridgehead atoms. The highest BCUT2D eigenvalue weighted by molar-refractivity contribution is 6.05. The molecule has 0 aliphatic heterocycles. The average Bonchev–Trinajstić information content (AvgIpc) is 2.65. The first-order valence-electron chi connectivity index (χ1n) is 10.1. The zero-order valence-corrected chi connectivity index (χ0v) is 17.9. The molecular formula is C23H31N3O3. The second kappa shape index (κ2) is 10.0. The monoisotopic (exact) mass is 397 g/mol. The number of nitrogens with one attached hydrogen (secondary N) is 2. The van der Waals surface area contributed by atoms with Gasteiger partial charge in [0.05, 0.1) is 0 Å². The molecule has 0 atom stereocenters. The van der Waals surface area contributed by atoms with Crippen LogP contribution in [0.4, 0.5) is 5.69 Å². The fraction of sp³-hybridized carbons (Fsp3) is 0.435. The molecule has 0 saturated heterocycles. The number of aromatic nitrogens is 1. The van der Waals surface area contributed by atoms with E-state index in [0.717, 1.165) is 6.42 Å². The summed E-state index contributed by atoms with van der Waals surface area (Å²) in [5.41, 5.74) is 1.39. The van der Waals surface area contributed by atoms with Crippen molar-refractivity contribution < 1.29 is 9.59 Å². The van der Waals surface area contributed by atoms with Crippen LogP contribution in [0.25, 0.3) is 0 Å². The molecule has 1 aromatic heterocycles. The fourth-order valence-electron chi connectivity index (χ4n) is 2.85. The van der Waals surface area contributed by atoms with E-state index in [1.807, 2.05) is 13.8 Å². The lowest BCUT2D eigenvalue weighted by Crippen LogP contribution is -2.30. The van der Waals surface area contributed by atoms with Crippen LogP contribution in [-0.2, 0) is 6.54 Å². The van der Waals surface area contributed by atoms with Gasteiger partial charge in [0.25, 0.3) is 17.4 Å². The van der Waals surface area contributed by atoms with E-state index in [1.54, 1.807) is 48.0 Å². The van der Waals surface area contributed by atoms with Gasteiger partial charge in [-0.3, -0.25) is 14.4 Å². The lowest BCUT2D eigenvalue weighted by atomic mass is 10.1. The van der Waals surface area contributed by atoms with Crippen LogP contribution in [0.3, 0.4) is 0 Å². The minimum Gasteiger partial charge on any atom is -0.352 e. The number of pyridine rings is 1. The number of aryl methyl sites for hydroxylation is 2. The smallest absolute Gasteiger partial charge is 0.263 e. The molecule has 0 saturated carbocycles. The van der Waals surface area contributed by atoms with Crippen molar-refractivity contribution in [1.29, 1.82) is 0 Å². The SMILES string of the molecule is Cc1ccn(CCC(C)C)c(=O)c1C(=O)Nc1cccc(C(=O)NCC(C)C)c1. The van der Waals surface area contributed by atoms with E-state index in [2.05, 4.69) is 24.5 Å². The summed E-state index contributed by atoms with van der Waals surface area (Å²) in [7, 11) is 0. The van der Waals surface area contributed by atoms with Crippen LogP contribution >= 0.6 is 0 Å². The summed E-state index contributed by atoms with van der Waals surface area (Å²) >= 11 is 0. The van der Waals surface area contributed by atoms with Crippen LogP contribution in [0.2, 0.25) is 0 Å². The van der Waals surface area contributed by atoms with Crippen molar-refractivity contribution in [2.24, 2.45) is 11.8 Å². The number of benzene rings is 1. The fourth-order valence-corrected chi connectivity index (χ4v) is 2.85. The van der Waals surface area contributed by atoms with Crippen LogP contribution in [0, 0.1) is 18.8 Å². The molecule has 2 aromatic rings. The van der Waals surface area contributed by atoms with Gasteiger partial charge in [-0.25, -0.2) is 0 Å². The van der Waals surface area contributed by atoms with Crippen molar-refractivity contribution in [2.75, 3.05) is 11.9 Å². The summed E-state index contributed by atoms with van der Waals surface area (Å²) in [4.78, 5) is 37.9. The van der Waals surface area contributed by atoms with E-state index in [-0.39, 0.29) is 17.0 Å². The maximum atomic E-state index is 12.8. The van der Waals surface area contributed by atoms with Gasteiger partial charge in [0, 0.05) is 30.5 Å². The first-order chi connectivity index (χ1) is 13.7. The van der Waals surface area contributed by atoms with Crippen LogP contribution in [0.1, 0.15) is 60.4 Å². The summed E-state index contributed by atoms with van der Waals surface area (Å²) in [5.74, 6) is 0.152. The number of rotatable bonds is 8. The molecule has 0 spiro atoms. The first kappa shape index (κ1) is 22.4. The van der Waals surface area contributed by atoms with E-state index in [9.17, 15) is 14.4 Å². The van der Waals surface area contributed by atoms with Crippen LogP contribution in [-0.4, -0.2) is 22.9 Å². The zero-order valence-electron chi connectivity index (χ0n) is 17.9. The molecule has 2 rings (SSSR count). The third-order valence-electron chi connectivity index (χ3n) is 4.60. The van der Waals surface area contributed by atoms with E-state index in [1.165, 1.54) is 0 Å². The van der Waals surface area contributed by atoms with Crippen LogP contribution in [0.5, 0.6) is 0 Å². The van der Waals surface area contributed by atoms with Gasteiger partial charge in [-0.2, -0.15) is 0 Å². The van der Waals surface area contributed by atoms with Crippen molar-refractivity contribution in [3.63, 3.8) is 0 Å². The average molecular weight is 398 g/mol. The minimum absolute atomic E-state index is 0.130. The Hall–Kier alpha value is -2.89. The number of carbonyl (C=O) groups excluding carboxylic acids is 2. The predicted octanol–water partition coefficient (Wildman–Crippen LogP) is 3.84. The molecule has 29 heavy (non-hydrogen) atoms. The van der Waals surface area contributed by atoms with Gasteiger partial charge in [0.1, 0.15) is 5.56 Å². The van der Waals surface area contributed by atoms with Gasteiger partial charge in [0.2, 0.25) is 0 Å². The number of amides is 2. The lowest BCUT2D eigenvalue weighted by molar-refractivity contribution is 0.0947. The third-order valence-corrected chi connectivity index (χ3v) is 4.60. The summed E-state index contributed by atoms with van der Waals surface area (Å²) in [6, 6.07) is 8.50. The molecule has 6 heteroatoms. The zero-order chi connectivity index (χ0) is 21.6. The van der Waals surface area contributed by atoms with Crippen molar-refractivity contribution in [1.82, 2.24) is 9.88 Å². The highest BCUT2D eigenvalue weighted by Gasteiger charge is 2.17. The molecule has 0 radical (unpaired) electrons. The minimum atomic E-state index is -0.467. The molecule has 6 nitrogen and oxygen atoms in total.